The van der Waals surface area contributed by atoms with E-state index in [-0.39, 0.29) is 6.10 Å². The second-order valence-electron chi connectivity index (χ2n) is 2.11. The summed E-state index contributed by atoms with van der Waals surface area (Å²) in [7, 11) is 0. The van der Waals surface area contributed by atoms with Crippen molar-refractivity contribution in [2.75, 3.05) is 18.8 Å². The predicted molar refractivity (Wildman–Crippen MR) is 44.4 cm³/mol. The van der Waals surface area contributed by atoms with Crippen LogP contribution in [-0.4, -0.2) is 35.2 Å². The van der Waals surface area contributed by atoms with E-state index in [0.29, 0.717) is 13.1 Å². The molecule has 58 valence electrons. The highest BCUT2D eigenvalue weighted by molar-refractivity contribution is 8.13. The molecular weight excluding hydrogens is 148 g/mol. The van der Waals surface area contributed by atoms with Crippen molar-refractivity contribution < 1.29 is 5.11 Å². The van der Waals surface area contributed by atoms with E-state index in [1.165, 1.54) is 0 Å². The SMILES string of the molecule is CCSC1=NCC(O)CN1. The number of aliphatic imine (C=N–C) groups is 1. The third-order valence-corrected chi connectivity index (χ3v) is 2.05. The van der Waals surface area contributed by atoms with Gasteiger partial charge in [-0.25, -0.2) is 0 Å². The van der Waals surface area contributed by atoms with E-state index >= 15 is 0 Å². The number of aliphatic hydroxyl groups excluding tert-OH is 1. The van der Waals surface area contributed by atoms with Gasteiger partial charge >= 0.3 is 0 Å². The van der Waals surface area contributed by atoms with Crippen molar-refractivity contribution in [1.82, 2.24) is 5.32 Å². The molecule has 0 saturated heterocycles. The molecule has 1 aliphatic heterocycles. The molecule has 1 aliphatic rings. The van der Waals surface area contributed by atoms with Crippen LogP contribution in [0, 0.1) is 0 Å². The average Bonchev–Trinajstić information content (AvgIpc) is 1.95. The minimum atomic E-state index is -0.291. The number of thioether (sulfide) groups is 1. The molecule has 0 aromatic heterocycles. The zero-order valence-electron chi connectivity index (χ0n) is 6.00. The van der Waals surface area contributed by atoms with Gasteiger partial charge in [0.25, 0.3) is 0 Å². The maximum absolute atomic E-state index is 9.02. The Balaban J connectivity index is 2.33. The van der Waals surface area contributed by atoms with Crippen LogP contribution in [-0.2, 0) is 0 Å². The Kier molecular flexibility index (Phi) is 3.02. The smallest absolute Gasteiger partial charge is 0.156 e. The first kappa shape index (κ1) is 7.88. The lowest BCUT2D eigenvalue weighted by Gasteiger charge is -2.17. The molecule has 0 aromatic carbocycles. The maximum Gasteiger partial charge on any atom is 0.156 e. The number of hydrogen-bond acceptors (Lipinski definition) is 4. The quantitative estimate of drug-likeness (QED) is 0.570. The van der Waals surface area contributed by atoms with Crippen LogP contribution in [0.5, 0.6) is 0 Å². The lowest BCUT2D eigenvalue weighted by Crippen LogP contribution is -2.37. The molecule has 0 saturated carbocycles. The lowest BCUT2D eigenvalue weighted by atomic mass is 10.3. The number of hydrogen-bond donors (Lipinski definition) is 2. The zero-order valence-corrected chi connectivity index (χ0v) is 6.82. The molecule has 1 atom stereocenters. The highest BCUT2D eigenvalue weighted by atomic mass is 32.2. The highest BCUT2D eigenvalue weighted by Crippen LogP contribution is 2.04. The Labute approximate surface area is 64.9 Å². The molecule has 0 spiro atoms. The molecule has 1 heterocycles. The Hall–Kier alpha value is -0.220. The van der Waals surface area contributed by atoms with Gasteiger partial charge in [-0.3, -0.25) is 4.99 Å². The van der Waals surface area contributed by atoms with Crippen LogP contribution in [0.1, 0.15) is 6.92 Å². The van der Waals surface area contributed by atoms with Gasteiger partial charge in [-0.2, -0.15) is 0 Å². The third kappa shape index (κ3) is 2.19. The van der Waals surface area contributed by atoms with E-state index in [2.05, 4.69) is 17.2 Å². The average molecular weight is 160 g/mol. The van der Waals surface area contributed by atoms with Crippen molar-refractivity contribution in [1.29, 1.82) is 0 Å². The van der Waals surface area contributed by atoms with Crippen LogP contribution in [0.3, 0.4) is 0 Å². The maximum atomic E-state index is 9.02. The normalized spacial score (nSPS) is 25.4. The van der Waals surface area contributed by atoms with Crippen molar-refractivity contribution in [2.24, 2.45) is 4.99 Å². The molecule has 0 fully saturated rings. The fourth-order valence-electron chi connectivity index (χ4n) is 0.747. The summed E-state index contributed by atoms with van der Waals surface area (Å²) in [6, 6.07) is 0. The minimum absolute atomic E-state index is 0.291. The van der Waals surface area contributed by atoms with Crippen molar-refractivity contribution in [3.05, 3.63) is 0 Å². The number of aliphatic hydroxyl groups is 1. The van der Waals surface area contributed by atoms with Crippen molar-refractivity contribution >= 4 is 16.9 Å². The third-order valence-electron chi connectivity index (χ3n) is 1.22. The minimum Gasteiger partial charge on any atom is -0.389 e. The fraction of sp³-hybridized carbons (Fsp3) is 0.833. The second kappa shape index (κ2) is 3.83. The van der Waals surface area contributed by atoms with E-state index in [9.17, 15) is 0 Å². The van der Waals surface area contributed by atoms with Crippen LogP contribution >= 0.6 is 11.8 Å². The molecule has 4 heteroatoms. The summed E-state index contributed by atoms with van der Waals surface area (Å²) in [4.78, 5) is 4.12. The zero-order chi connectivity index (χ0) is 7.40. The lowest BCUT2D eigenvalue weighted by molar-refractivity contribution is 0.182. The van der Waals surface area contributed by atoms with Crippen molar-refractivity contribution in [2.45, 2.75) is 13.0 Å². The summed E-state index contributed by atoms with van der Waals surface area (Å²) in [6.07, 6.45) is -0.291. The number of nitrogens with one attached hydrogen (secondary N) is 1. The second-order valence-corrected chi connectivity index (χ2v) is 3.37. The molecule has 1 rings (SSSR count). The van der Waals surface area contributed by atoms with Gasteiger partial charge in [-0.1, -0.05) is 18.7 Å². The summed E-state index contributed by atoms with van der Waals surface area (Å²) in [6.45, 7) is 3.28. The van der Waals surface area contributed by atoms with E-state index in [1.807, 2.05) is 0 Å². The molecule has 0 aromatic rings. The molecule has 10 heavy (non-hydrogen) atoms. The molecule has 3 nitrogen and oxygen atoms in total. The molecule has 0 radical (unpaired) electrons. The summed E-state index contributed by atoms with van der Waals surface area (Å²) >= 11 is 1.68. The van der Waals surface area contributed by atoms with Gasteiger partial charge in [0.1, 0.15) is 0 Å². The summed E-state index contributed by atoms with van der Waals surface area (Å²) < 4.78 is 0. The first-order valence-electron chi connectivity index (χ1n) is 3.42. The van der Waals surface area contributed by atoms with Crippen molar-refractivity contribution in [3.63, 3.8) is 0 Å². The van der Waals surface area contributed by atoms with E-state index in [0.717, 1.165) is 10.9 Å². The van der Waals surface area contributed by atoms with Crippen LogP contribution in [0.4, 0.5) is 0 Å². The van der Waals surface area contributed by atoms with Crippen LogP contribution in [0.25, 0.3) is 0 Å². The van der Waals surface area contributed by atoms with E-state index in [4.69, 9.17) is 5.11 Å². The van der Waals surface area contributed by atoms with E-state index < -0.39 is 0 Å². The van der Waals surface area contributed by atoms with Gasteiger partial charge in [-0.15, -0.1) is 0 Å². The summed E-state index contributed by atoms with van der Waals surface area (Å²) in [5.41, 5.74) is 0. The monoisotopic (exact) mass is 160 g/mol. The standard InChI is InChI=1S/C6H12N2OS/c1-2-10-6-7-3-5(9)4-8-6/h5,9H,2-4H2,1H3,(H,7,8). The Morgan fingerprint density at radius 1 is 1.90 bits per heavy atom. The number of nitrogens with zero attached hydrogens (tertiary/aromatic N) is 1. The molecule has 1 unspecified atom stereocenters. The molecular formula is C6H12N2OS. The van der Waals surface area contributed by atoms with Crippen LogP contribution in [0.15, 0.2) is 4.99 Å². The van der Waals surface area contributed by atoms with E-state index in [1.54, 1.807) is 11.8 Å². The molecule has 0 bridgehead atoms. The Morgan fingerprint density at radius 2 is 2.70 bits per heavy atom. The van der Waals surface area contributed by atoms with Gasteiger partial charge in [0.2, 0.25) is 0 Å². The van der Waals surface area contributed by atoms with Crippen LogP contribution < -0.4 is 5.32 Å². The van der Waals surface area contributed by atoms with Gasteiger partial charge in [0.05, 0.1) is 12.6 Å². The number of rotatable bonds is 1. The number of β-amino-alcohol motifs (C(OH)–C–C–N with tert-alkyl or cyclic N) is 1. The van der Waals surface area contributed by atoms with Gasteiger partial charge < -0.3 is 10.4 Å². The Morgan fingerprint density at radius 3 is 3.20 bits per heavy atom. The Bertz CT molecular complexity index is 138. The molecule has 2 N–H and O–H groups in total. The fourth-order valence-corrected chi connectivity index (χ4v) is 1.37. The topological polar surface area (TPSA) is 44.6 Å². The molecule has 0 amide bonds. The van der Waals surface area contributed by atoms with Crippen molar-refractivity contribution in [3.8, 4) is 0 Å². The van der Waals surface area contributed by atoms with Crippen LogP contribution in [0.2, 0.25) is 0 Å². The van der Waals surface area contributed by atoms with Gasteiger partial charge in [0.15, 0.2) is 5.17 Å². The highest BCUT2D eigenvalue weighted by Gasteiger charge is 2.10. The van der Waals surface area contributed by atoms with Gasteiger partial charge in [0, 0.05) is 6.54 Å². The predicted octanol–water partition coefficient (Wildman–Crippen LogP) is 0.0596. The summed E-state index contributed by atoms with van der Waals surface area (Å²) in [5, 5.41) is 13.0. The largest absolute Gasteiger partial charge is 0.389 e. The first-order valence-corrected chi connectivity index (χ1v) is 4.40. The summed E-state index contributed by atoms with van der Waals surface area (Å²) in [5.74, 6) is 1.03. The van der Waals surface area contributed by atoms with Gasteiger partial charge in [-0.05, 0) is 5.75 Å². The molecule has 0 aliphatic carbocycles. The first-order chi connectivity index (χ1) is 4.83. The number of amidine groups is 1.